The lowest BCUT2D eigenvalue weighted by molar-refractivity contribution is -0.148. The summed E-state index contributed by atoms with van der Waals surface area (Å²) in [5.74, 6) is 0.515. The van der Waals surface area contributed by atoms with Crippen molar-refractivity contribution in [3.05, 3.63) is 59.2 Å². The van der Waals surface area contributed by atoms with Crippen molar-refractivity contribution in [3.63, 3.8) is 0 Å². The smallest absolute Gasteiger partial charge is 0.332 e. The molecule has 2 rings (SSSR count). The van der Waals surface area contributed by atoms with E-state index in [4.69, 9.17) is 9.47 Å². The Hall–Kier alpha value is -2.33. The topological polar surface area (TPSA) is 55.8 Å². The first-order chi connectivity index (χ1) is 12.8. The summed E-state index contributed by atoms with van der Waals surface area (Å²) in [6.07, 6.45) is 7.85. The van der Waals surface area contributed by atoms with E-state index >= 15 is 0 Å². The molecule has 0 saturated carbocycles. The minimum absolute atomic E-state index is 0.0727. The van der Waals surface area contributed by atoms with Crippen LogP contribution in [0.3, 0.4) is 0 Å². The van der Waals surface area contributed by atoms with Gasteiger partial charge in [-0.25, -0.2) is 4.79 Å². The third-order valence-corrected chi connectivity index (χ3v) is 4.49. The number of esters is 1. The van der Waals surface area contributed by atoms with Crippen LogP contribution in [0, 0.1) is 5.92 Å². The van der Waals surface area contributed by atoms with E-state index in [0.29, 0.717) is 18.3 Å². The van der Waals surface area contributed by atoms with Crippen LogP contribution in [-0.2, 0) is 14.3 Å². The maximum Gasteiger partial charge on any atom is 0.332 e. The molecule has 1 atom stereocenters. The van der Waals surface area contributed by atoms with Gasteiger partial charge in [-0.15, -0.1) is 0 Å². The minimum atomic E-state index is -0.358. The zero-order valence-electron chi connectivity index (χ0n) is 16.9. The van der Waals surface area contributed by atoms with Gasteiger partial charge in [0.05, 0.1) is 12.7 Å². The van der Waals surface area contributed by atoms with Crippen molar-refractivity contribution in [1.29, 1.82) is 0 Å². The number of hydrogen-bond donors (Lipinski definition) is 1. The van der Waals surface area contributed by atoms with Gasteiger partial charge in [0, 0.05) is 0 Å². The highest BCUT2D eigenvalue weighted by atomic mass is 16.6. The van der Waals surface area contributed by atoms with Crippen LogP contribution in [0.2, 0.25) is 0 Å². The Morgan fingerprint density at radius 1 is 1.19 bits per heavy atom. The maximum absolute atomic E-state index is 11.6. The van der Waals surface area contributed by atoms with Crippen molar-refractivity contribution >= 4 is 11.5 Å². The number of phenolic OH excluding ortho intramolecular Hbond substituents is 1. The van der Waals surface area contributed by atoms with Gasteiger partial charge >= 0.3 is 5.97 Å². The van der Waals surface area contributed by atoms with E-state index < -0.39 is 0 Å². The van der Waals surface area contributed by atoms with E-state index in [1.54, 1.807) is 13.0 Å². The Labute approximate surface area is 162 Å². The zero-order valence-corrected chi connectivity index (χ0v) is 16.9. The molecule has 1 aromatic rings. The molecular formula is C23H30O4. The Morgan fingerprint density at radius 3 is 2.56 bits per heavy atom. The number of carbonyl (C=O) groups is 1. The first kappa shape index (κ1) is 21.0. The molecule has 1 aliphatic carbocycles. The van der Waals surface area contributed by atoms with E-state index in [0.717, 1.165) is 22.3 Å². The molecule has 0 heterocycles. The van der Waals surface area contributed by atoms with Crippen molar-refractivity contribution < 1.29 is 19.4 Å². The number of benzene rings is 1. The Kier molecular flexibility index (Phi) is 7.43. The lowest BCUT2D eigenvalue weighted by Gasteiger charge is -2.13. The summed E-state index contributed by atoms with van der Waals surface area (Å²) in [6.45, 7) is 10.4. The zero-order chi connectivity index (χ0) is 20.0. The van der Waals surface area contributed by atoms with E-state index in [-0.39, 0.29) is 24.6 Å². The molecule has 0 fully saturated rings. The molecule has 1 aliphatic rings. The summed E-state index contributed by atoms with van der Waals surface area (Å²) in [7, 11) is 0. The van der Waals surface area contributed by atoms with Crippen molar-refractivity contribution in [2.45, 2.75) is 46.6 Å². The average molecular weight is 370 g/mol. The molecular weight excluding hydrogens is 340 g/mol. The second-order valence-corrected chi connectivity index (χ2v) is 7.29. The highest BCUT2D eigenvalue weighted by Crippen LogP contribution is 2.31. The van der Waals surface area contributed by atoms with Gasteiger partial charge in [0.15, 0.2) is 0 Å². The van der Waals surface area contributed by atoms with Gasteiger partial charge in [-0.3, -0.25) is 0 Å². The van der Waals surface area contributed by atoms with Crippen LogP contribution in [0.25, 0.3) is 5.57 Å². The van der Waals surface area contributed by atoms with Gasteiger partial charge in [-0.1, -0.05) is 52.0 Å². The van der Waals surface area contributed by atoms with Crippen LogP contribution in [0.5, 0.6) is 5.75 Å². The first-order valence-corrected chi connectivity index (χ1v) is 9.54. The van der Waals surface area contributed by atoms with Crippen LogP contribution in [0.15, 0.2) is 48.1 Å². The molecule has 1 aromatic carbocycles. The monoisotopic (exact) mass is 370 g/mol. The molecule has 0 spiro atoms. The third-order valence-electron chi connectivity index (χ3n) is 4.49. The SMILES string of the molecule is CCOC(=O)COC1C=CC(c2ccc(O)c(C(C)C)c2)=CC(C(C)C)=C1. The van der Waals surface area contributed by atoms with Gasteiger partial charge in [0.1, 0.15) is 12.4 Å². The quantitative estimate of drug-likeness (QED) is 0.686. The average Bonchev–Trinajstić information content (AvgIpc) is 2.83. The van der Waals surface area contributed by atoms with Crippen molar-refractivity contribution in [2.75, 3.05) is 13.2 Å². The summed E-state index contributed by atoms with van der Waals surface area (Å²) in [6, 6.07) is 5.71. The predicted molar refractivity (Wildman–Crippen MR) is 109 cm³/mol. The molecule has 0 radical (unpaired) electrons. The Bertz CT molecular complexity index is 754. The second-order valence-electron chi connectivity index (χ2n) is 7.29. The Morgan fingerprint density at radius 2 is 1.93 bits per heavy atom. The standard InChI is InChI=1S/C23H30O4/c1-6-26-23(25)14-27-20-9-7-17(11-19(12-20)15(2)3)18-8-10-22(24)21(13-18)16(4)5/h7-13,15-16,20,24H,6,14H2,1-5H3. The number of ether oxygens (including phenoxy) is 2. The van der Waals surface area contributed by atoms with Crippen LogP contribution < -0.4 is 0 Å². The summed E-state index contributed by atoms with van der Waals surface area (Å²) >= 11 is 0. The van der Waals surface area contributed by atoms with Crippen molar-refractivity contribution in [1.82, 2.24) is 0 Å². The largest absolute Gasteiger partial charge is 0.508 e. The highest BCUT2D eigenvalue weighted by Gasteiger charge is 2.15. The van der Waals surface area contributed by atoms with Crippen molar-refractivity contribution in [3.8, 4) is 5.75 Å². The third kappa shape index (κ3) is 5.83. The second kappa shape index (κ2) is 9.56. The number of allylic oxidation sites excluding steroid dienone is 4. The predicted octanol–water partition coefficient (Wildman–Crippen LogP) is 5.00. The fraction of sp³-hybridized carbons (Fsp3) is 0.435. The molecule has 4 heteroatoms. The van der Waals surface area contributed by atoms with E-state index in [9.17, 15) is 9.90 Å². The lowest BCUT2D eigenvalue weighted by atomic mass is 9.94. The van der Waals surface area contributed by atoms with Crippen LogP contribution in [0.4, 0.5) is 0 Å². The van der Waals surface area contributed by atoms with Crippen LogP contribution >= 0.6 is 0 Å². The minimum Gasteiger partial charge on any atom is -0.508 e. The van der Waals surface area contributed by atoms with Gasteiger partial charge < -0.3 is 14.6 Å². The molecule has 0 amide bonds. The number of carbonyl (C=O) groups excluding carboxylic acids is 1. The molecule has 0 aliphatic heterocycles. The number of hydrogen-bond acceptors (Lipinski definition) is 4. The molecule has 146 valence electrons. The molecule has 4 nitrogen and oxygen atoms in total. The van der Waals surface area contributed by atoms with Gasteiger partial charge in [0.25, 0.3) is 0 Å². The maximum atomic E-state index is 11.6. The molecule has 1 N–H and O–H groups in total. The first-order valence-electron chi connectivity index (χ1n) is 9.54. The van der Waals surface area contributed by atoms with E-state index in [2.05, 4.69) is 33.8 Å². The molecule has 1 unspecified atom stereocenters. The Balaban J connectivity index is 2.29. The number of aromatic hydroxyl groups is 1. The van der Waals surface area contributed by atoms with Crippen molar-refractivity contribution in [2.24, 2.45) is 5.92 Å². The molecule has 0 aromatic heterocycles. The number of rotatable bonds is 7. The van der Waals surface area contributed by atoms with E-state index in [1.165, 1.54) is 0 Å². The highest BCUT2D eigenvalue weighted by molar-refractivity contribution is 5.78. The fourth-order valence-corrected chi connectivity index (χ4v) is 2.93. The van der Waals surface area contributed by atoms with Crippen LogP contribution in [-0.4, -0.2) is 30.4 Å². The fourth-order valence-electron chi connectivity index (χ4n) is 2.93. The normalized spacial score (nSPS) is 16.9. The van der Waals surface area contributed by atoms with Gasteiger partial charge in [-0.2, -0.15) is 0 Å². The molecule has 0 saturated heterocycles. The van der Waals surface area contributed by atoms with E-state index in [1.807, 2.05) is 30.4 Å². The van der Waals surface area contributed by atoms with Crippen LogP contribution in [0.1, 0.15) is 51.7 Å². The summed E-state index contributed by atoms with van der Waals surface area (Å²) in [5, 5.41) is 10.1. The number of phenols is 1. The molecule has 0 bridgehead atoms. The van der Waals surface area contributed by atoms with Gasteiger partial charge in [-0.05, 0) is 59.2 Å². The van der Waals surface area contributed by atoms with Gasteiger partial charge in [0.2, 0.25) is 0 Å². The summed E-state index contributed by atoms with van der Waals surface area (Å²) in [5.41, 5.74) is 4.17. The summed E-state index contributed by atoms with van der Waals surface area (Å²) in [4.78, 5) is 11.6. The summed E-state index contributed by atoms with van der Waals surface area (Å²) < 4.78 is 10.6. The lowest BCUT2D eigenvalue weighted by Crippen LogP contribution is -2.17. The molecule has 27 heavy (non-hydrogen) atoms.